The summed E-state index contributed by atoms with van der Waals surface area (Å²) >= 11 is 0. The fourth-order valence-electron chi connectivity index (χ4n) is 2.30. The van der Waals surface area contributed by atoms with Crippen LogP contribution in [0, 0.1) is 11.8 Å². The number of hydrogen-bond acceptors (Lipinski definition) is 4. The second kappa shape index (κ2) is 8.62. The molecule has 1 heterocycles. The Hall–Kier alpha value is -1.62. The number of nitrogens with one attached hydrogen (secondary N) is 1. The van der Waals surface area contributed by atoms with E-state index in [2.05, 4.69) is 24.1 Å². The first-order chi connectivity index (χ1) is 9.93. The first-order valence-corrected chi connectivity index (χ1v) is 7.46. The van der Waals surface area contributed by atoms with Crippen LogP contribution in [0.1, 0.15) is 37.0 Å². The molecule has 0 spiro atoms. The molecular weight excluding hydrogens is 266 g/mol. The van der Waals surface area contributed by atoms with Crippen molar-refractivity contribution in [1.82, 2.24) is 10.3 Å². The second-order valence-electron chi connectivity index (χ2n) is 6.02. The smallest absolute Gasteiger partial charge is 0.251 e. The molecule has 0 saturated carbocycles. The molecule has 0 aliphatic carbocycles. The Labute approximate surface area is 127 Å². The van der Waals surface area contributed by atoms with Crippen molar-refractivity contribution in [2.45, 2.75) is 26.7 Å². The molecular formula is C16H27N3O2. The van der Waals surface area contributed by atoms with Crippen LogP contribution in [0.2, 0.25) is 0 Å². The zero-order valence-electron chi connectivity index (χ0n) is 13.5. The molecule has 1 atom stereocenters. The Morgan fingerprint density at radius 3 is 2.71 bits per heavy atom. The van der Waals surface area contributed by atoms with Crippen LogP contribution in [-0.4, -0.2) is 43.2 Å². The van der Waals surface area contributed by atoms with Crippen molar-refractivity contribution in [1.29, 1.82) is 0 Å². The Morgan fingerprint density at radius 2 is 2.14 bits per heavy atom. The van der Waals surface area contributed by atoms with Crippen LogP contribution >= 0.6 is 0 Å². The first-order valence-electron chi connectivity index (χ1n) is 7.46. The Balaban J connectivity index is 2.61. The van der Waals surface area contributed by atoms with E-state index >= 15 is 0 Å². The lowest BCUT2D eigenvalue weighted by Crippen LogP contribution is -2.30. The molecule has 1 aromatic heterocycles. The number of amides is 1. The molecule has 5 nitrogen and oxygen atoms in total. The van der Waals surface area contributed by atoms with Gasteiger partial charge in [0.1, 0.15) is 5.82 Å². The summed E-state index contributed by atoms with van der Waals surface area (Å²) in [6.07, 6.45) is 3.36. The van der Waals surface area contributed by atoms with Crippen molar-refractivity contribution < 1.29 is 9.90 Å². The van der Waals surface area contributed by atoms with Crippen molar-refractivity contribution in [2.75, 3.05) is 32.1 Å². The lowest BCUT2D eigenvalue weighted by Gasteiger charge is -2.19. The summed E-state index contributed by atoms with van der Waals surface area (Å²) in [4.78, 5) is 18.3. The van der Waals surface area contributed by atoms with Crippen molar-refractivity contribution >= 4 is 11.7 Å². The molecule has 0 bridgehead atoms. The highest BCUT2D eigenvalue weighted by molar-refractivity contribution is 5.94. The molecule has 0 radical (unpaired) electrons. The molecule has 1 aromatic rings. The summed E-state index contributed by atoms with van der Waals surface area (Å²) in [5.41, 5.74) is 0.612. The van der Waals surface area contributed by atoms with Gasteiger partial charge in [-0.05, 0) is 36.8 Å². The van der Waals surface area contributed by atoms with Crippen LogP contribution in [0.4, 0.5) is 5.82 Å². The fraction of sp³-hybridized carbons (Fsp3) is 0.625. The van der Waals surface area contributed by atoms with Gasteiger partial charge in [0, 0.05) is 39.0 Å². The molecule has 5 heteroatoms. The minimum atomic E-state index is -0.0906. The third-order valence-electron chi connectivity index (χ3n) is 3.36. The summed E-state index contributed by atoms with van der Waals surface area (Å²) in [5, 5.41) is 12.1. The number of carbonyl (C=O) groups excluding carboxylic acids is 1. The fourth-order valence-corrected chi connectivity index (χ4v) is 2.30. The zero-order valence-corrected chi connectivity index (χ0v) is 13.5. The summed E-state index contributed by atoms with van der Waals surface area (Å²) in [6.45, 7) is 5.06. The van der Waals surface area contributed by atoms with E-state index in [1.807, 2.05) is 19.0 Å². The molecule has 21 heavy (non-hydrogen) atoms. The van der Waals surface area contributed by atoms with Gasteiger partial charge in [-0.25, -0.2) is 4.98 Å². The minimum absolute atomic E-state index is 0.0906. The van der Waals surface area contributed by atoms with Gasteiger partial charge < -0.3 is 15.3 Å². The Bertz CT molecular complexity index is 447. The van der Waals surface area contributed by atoms with Gasteiger partial charge in [0.05, 0.1) is 0 Å². The maximum atomic E-state index is 12.2. The van der Waals surface area contributed by atoms with Gasteiger partial charge in [-0.1, -0.05) is 13.8 Å². The topological polar surface area (TPSA) is 65.5 Å². The van der Waals surface area contributed by atoms with Crippen molar-refractivity contribution in [3.05, 3.63) is 23.9 Å². The van der Waals surface area contributed by atoms with Gasteiger partial charge in [-0.2, -0.15) is 0 Å². The summed E-state index contributed by atoms with van der Waals surface area (Å²) in [6, 6.07) is 3.49. The predicted molar refractivity (Wildman–Crippen MR) is 85.5 cm³/mol. The molecule has 1 amide bonds. The molecule has 0 aliphatic rings. The number of hydrogen-bond donors (Lipinski definition) is 2. The maximum Gasteiger partial charge on any atom is 0.251 e. The standard InChI is InChI=1S/C16H27N3O2/c1-12(2)9-13(6-8-20)11-18-16(21)14-5-7-17-15(10-14)19(3)4/h5,7,10,12-13,20H,6,8-9,11H2,1-4H3,(H,18,21). The van der Waals surface area contributed by atoms with Gasteiger partial charge >= 0.3 is 0 Å². The van der Waals surface area contributed by atoms with Gasteiger partial charge in [-0.3, -0.25) is 4.79 Å². The monoisotopic (exact) mass is 293 g/mol. The lowest BCUT2D eigenvalue weighted by molar-refractivity contribution is 0.0941. The number of rotatable bonds is 8. The highest BCUT2D eigenvalue weighted by Crippen LogP contribution is 2.15. The molecule has 0 aliphatic heterocycles. The quantitative estimate of drug-likeness (QED) is 0.768. The third kappa shape index (κ3) is 6.12. The van der Waals surface area contributed by atoms with Crippen molar-refractivity contribution in [3.63, 3.8) is 0 Å². The van der Waals surface area contributed by atoms with Crippen LogP contribution < -0.4 is 10.2 Å². The molecule has 1 rings (SSSR count). The zero-order chi connectivity index (χ0) is 15.8. The molecule has 0 saturated heterocycles. The lowest BCUT2D eigenvalue weighted by atomic mass is 9.94. The van der Waals surface area contributed by atoms with Crippen LogP contribution in [0.5, 0.6) is 0 Å². The number of aliphatic hydroxyl groups is 1. The number of nitrogens with zero attached hydrogens (tertiary/aromatic N) is 2. The van der Waals surface area contributed by atoms with Crippen LogP contribution in [0.25, 0.3) is 0 Å². The van der Waals surface area contributed by atoms with Gasteiger partial charge in [0.2, 0.25) is 0 Å². The first kappa shape index (κ1) is 17.4. The van der Waals surface area contributed by atoms with E-state index in [1.54, 1.807) is 18.3 Å². The van der Waals surface area contributed by atoms with Crippen molar-refractivity contribution in [2.24, 2.45) is 11.8 Å². The number of aromatic nitrogens is 1. The average Bonchev–Trinajstić information content (AvgIpc) is 2.44. The average molecular weight is 293 g/mol. The summed E-state index contributed by atoms with van der Waals surface area (Å²) < 4.78 is 0. The van der Waals surface area contributed by atoms with Gasteiger partial charge in [-0.15, -0.1) is 0 Å². The Morgan fingerprint density at radius 1 is 1.43 bits per heavy atom. The van der Waals surface area contributed by atoms with Crippen LogP contribution in [0.3, 0.4) is 0 Å². The Kier molecular flexibility index (Phi) is 7.15. The molecule has 2 N–H and O–H groups in total. The highest BCUT2D eigenvalue weighted by Gasteiger charge is 2.13. The van der Waals surface area contributed by atoms with E-state index in [-0.39, 0.29) is 12.5 Å². The summed E-state index contributed by atoms with van der Waals surface area (Å²) in [5.74, 6) is 1.54. The largest absolute Gasteiger partial charge is 0.396 e. The van der Waals surface area contributed by atoms with E-state index < -0.39 is 0 Å². The highest BCUT2D eigenvalue weighted by atomic mass is 16.3. The molecule has 118 valence electrons. The number of anilines is 1. The summed E-state index contributed by atoms with van der Waals surface area (Å²) in [7, 11) is 3.79. The van der Waals surface area contributed by atoms with E-state index in [0.29, 0.717) is 23.9 Å². The second-order valence-corrected chi connectivity index (χ2v) is 6.02. The van der Waals surface area contributed by atoms with E-state index in [4.69, 9.17) is 5.11 Å². The van der Waals surface area contributed by atoms with E-state index in [0.717, 1.165) is 18.7 Å². The predicted octanol–water partition coefficient (Wildman–Crippen LogP) is 1.92. The minimum Gasteiger partial charge on any atom is -0.396 e. The number of aliphatic hydroxyl groups excluding tert-OH is 1. The van der Waals surface area contributed by atoms with E-state index in [1.165, 1.54) is 0 Å². The maximum absolute atomic E-state index is 12.2. The SMILES string of the molecule is CC(C)CC(CCO)CNC(=O)c1ccnc(N(C)C)c1. The van der Waals surface area contributed by atoms with Crippen molar-refractivity contribution in [3.8, 4) is 0 Å². The third-order valence-corrected chi connectivity index (χ3v) is 3.36. The van der Waals surface area contributed by atoms with Crippen LogP contribution in [0.15, 0.2) is 18.3 Å². The number of carbonyl (C=O) groups is 1. The van der Waals surface area contributed by atoms with Crippen LogP contribution in [-0.2, 0) is 0 Å². The molecule has 0 aromatic carbocycles. The van der Waals surface area contributed by atoms with E-state index in [9.17, 15) is 4.79 Å². The van der Waals surface area contributed by atoms with Gasteiger partial charge in [0.15, 0.2) is 0 Å². The normalized spacial score (nSPS) is 12.3. The van der Waals surface area contributed by atoms with Gasteiger partial charge in [0.25, 0.3) is 5.91 Å². The molecule has 1 unspecified atom stereocenters. The number of pyridine rings is 1. The molecule has 0 fully saturated rings.